The van der Waals surface area contributed by atoms with Gasteiger partial charge < -0.3 is 14.3 Å². The van der Waals surface area contributed by atoms with E-state index in [2.05, 4.69) is 13.8 Å². The Morgan fingerprint density at radius 3 is 1.49 bits per heavy atom. The Morgan fingerprint density at radius 2 is 1.08 bits per heavy atom. The van der Waals surface area contributed by atoms with E-state index in [-0.39, 0.29) is 12.4 Å². The average Bonchev–Trinajstić information content (AvgIpc) is 2.79. The van der Waals surface area contributed by atoms with Crippen LogP contribution < -0.4 is 0 Å². The minimum Gasteiger partial charge on any atom is -0.481 e. The number of unbranched alkanes of at least 4 members (excludes halogenated alkanes) is 16. The highest BCUT2D eigenvalue weighted by atomic mass is 16.5. The lowest BCUT2D eigenvalue weighted by Gasteiger charge is -2.28. The third-order valence-corrected chi connectivity index (χ3v) is 7.33. The van der Waals surface area contributed by atoms with Crippen LogP contribution >= 0.6 is 0 Å². The van der Waals surface area contributed by atoms with Crippen LogP contribution in [-0.4, -0.2) is 55.3 Å². The van der Waals surface area contributed by atoms with Crippen LogP contribution in [0.25, 0.3) is 0 Å². The molecule has 5 heteroatoms. The van der Waals surface area contributed by atoms with E-state index in [1.165, 1.54) is 116 Å². The van der Waals surface area contributed by atoms with Gasteiger partial charge >= 0.3 is 11.9 Å². The number of aliphatic carboxylic acids is 1. The molecule has 5 nitrogen and oxygen atoms in total. The zero-order valence-electron chi connectivity index (χ0n) is 25.5. The molecule has 37 heavy (non-hydrogen) atoms. The van der Waals surface area contributed by atoms with Crippen molar-refractivity contribution in [1.29, 1.82) is 0 Å². The van der Waals surface area contributed by atoms with E-state index < -0.39 is 12.1 Å². The summed E-state index contributed by atoms with van der Waals surface area (Å²) >= 11 is 0. The Hall–Kier alpha value is -1.10. The van der Waals surface area contributed by atoms with E-state index in [1.54, 1.807) is 0 Å². The highest BCUT2D eigenvalue weighted by Gasteiger charge is 2.24. The van der Waals surface area contributed by atoms with Gasteiger partial charge in [-0.25, -0.2) is 0 Å². The number of carbonyl (C=O) groups excluding carboxylic acids is 1. The molecule has 0 radical (unpaired) electrons. The van der Waals surface area contributed by atoms with Gasteiger partial charge in [0.2, 0.25) is 0 Å². The van der Waals surface area contributed by atoms with Gasteiger partial charge in [0.15, 0.2) is 6.10 Å². The summed E-state index contributed by atoms with van der Waals surface area (Å²) in [4.78, 5) is 23.2. The molecular weight excluding hydrogens is 462 g/mol. The quantitative estimate of drug-likeness (QED) is 0.0659. The molecule has 0 amide bonds. The van der Waals surface area contributed by atoms with E-state index in [0.29, 0.717) is 17.4 Å². The van der Waals surface area contributed by atoms with Gasteiger partial charge in [0, 0.05) is 6.42 Å². The molecule has 0 aliphatic rings. The number of nitrogens with zero attached hydrogens (tertiary/aromatic N) is 1. The molecule has 2 unspecified atom stereocenters. The SMILES string of the molecule is CCCCCCCCCCCCC(C)CCCCCCCCCCC(=O)OC(CC(=O)O)C[N+](C)(C)C. The van der Waals surface area contributed by atoms with E-state index in [1.807, 2.05) is 21.1 Å². The number of rotatable bonds is 27. The predicted molar refractivity (Wildman–Crippen MR) is 157 cm³/mol. The van der Waals surface area contributed by atoms with Gasteiger partial charge in [-0.2, -0.15) is 0 Å². The van der Waals surface area contributed by atoms with Crippen molar-refractivity contribution >= 4 is 11.9 Å². The van der Waals surface area contributed by atoms with Crippen molar-refractivity contribution in [2.45, 2.75) is 161 Å². The second-order valence-corrected chi connectivity index (χ2v) is 12.6. The summed E-state index contributed by atoms with van der Waals surface area (Å²) in [7, 11) is 5.92. The summed E-state index contributed by atoms with van der Waals surface area (Å²) in [5.74, 6) is -0.298. The molecule has 0 aromatic heterocycles. The molecule has 0 saturated carbocycles. The summed E-state index contributed by atoms with van der Waals surface area (Å²) < 4.78 is 6.03. The molecule has 2 atom stereocenters. The van der Waals surface area contributed by atoms with Crippen LogP contribution in [0.5, 0.6) is 0 Å². The van der Waals surface area contributed by atoms with Crippen LogP contribution in [0, 0.1) is 5.92 Å². The molecule has 0 heterocycles. The molecule has 1 N–H and O–H groups in total. The Morgan fingerprint density at radius 1 is 0.676 bits per heavy atom. The van der Waals surface area contributed by atoms with Crippen molar-refractivity contribution in [1.82, 2.24) is 0 Å². The Labute approximate surface area is 230 Å². The van der Waals surface area contributed by atoms with Gasteiger partial charge in [0.25, 0.3) is 0 Å². The fraction of sp³-hybridized carbons (Fsp3) is 0.938. The number of hydrogen-bond donors (Lipinski definition) is 1. The van der Waals surface area contributed by atoms with Crippen molar-refractivity contribution in [2.24, 2.45) is 5.92 Å². The molecule has 0 rings (SSSR count). The Kier molecular flexibility index (Phi) is 23.3. The minimum atomic E-state index is -0.921. The van der Waals surface area contributed by atoms with E-state index in [0.717, 1.165) is 18.8 Å². The summed E-state index contributed by atoms with van der Waals surface area (Å²) in [6.07, 6.45) is 26.4. The number of quaternary nitrogens is 1. The third kappa shape index (κ3) is 27.7. The largest absolute Gasteiger partial charge is 0.481 e. The van der Waals surface area contributed by atoms with E-state index >= 15 is 0 Å². The first kappa shape index (κ1) is 35.9. The smallest absolute Gasteiger partial charge is 0.307 e. The first-order valence-corrected chi connectivity index (χ1v) is 15.9. The number of esters is 1. The zero-order chi connectivity index (χ0) is 27.8. The molecule has 0 saturated heterocycles. The number of carboxylic acids is 1. The van der Waals surface area contributed by atoms with E-state index in [4.69, 9.17) is 9.84 Å². The van der Waals surface area contributed by atoms with Crippen LogP contribution in [0.1, 0.15) is 155 Å². The van der Waals surface area contributed by atoms with Gasteiger partial charge in [-0.15, -0.1) is 0 Å². The Bertz CT molecular complexity index is 543. The van der Waals surface area contributed by atoms with Gasteiger partial charge in [-0.1, -0.05) is 136 Å². The maximum Gasteiger partial charge on any atom is 0.307 e. The first-order chi connectivity index (χ1) is 17.6. The van der Waals surface area contributed by atoms with Crippen molar-refractivity contribution in [3.8, 4) is 0 Å². The Balaban J connectivity index is 3.53. The molecule has 0 aromatic rings. The third-order valence-electron chi connectivity index (χ3n) is 7.33. The van der Waals surface area contributed by atoms with Crippen molar-refractivity contribution in [3.63, 3.8) is 0 Å². The van der Waals surface area contributed by atoms with Gasteiger partial charge in [-0.3, -0.25) is 9.59 Å². The fourth-order valence-corrected chi connectivity index (χ4v) is 5.14. The standard InChI is InChI=1S/C32H63NO4/c1-6-7-8-9-10-11-12-15-18-21-24-29(2)25-22-19-16-13-14-17-20-23-26-32(36)37-30(27-31(34)35)28-33(3,4)5/h29-30H,6-28H2,1-5H3/p+1. The summed E-state index contributed by atoms with van der Waals surface area (Å²) in [5, 5.41) is 9.06. The maximum absolute atomic E-state index is 12.1. The average molecular weight is 527 g/mol. The molecule has 220 valence electrons. The number of likely N-dealkylation sites (N-methyl/N-ethyl adjacent to an activating group) is 1. The second kappa shape index (κ2) is 24.0. The summed E-state index contributed by atoms with van der Waals surface area (Å²) in [6.45, 7) is 5.23. The molecule has 0 aliphatic carbocycles. The maximum atomic E-state index is 12.1. The lowest BCUT2D eigenvalue weighted by molar-refractivity contribution is -0.873. The molecule has 0 fully saturated rings. The lowest BCUT2D eigenvalue weighted by Crippen LogP contribution is -2.43. The number of ether oxygens (including phenoxy) is 1. The highest BCUT2D eigenvalue weighted by Crippen LogP contribution is 2.19. The molecular formula is C32H64NO4+. The van der Waals surface area contributed by atoms with Crippen LogP contribution in [-0.2, 0) is 14.3 Å². The van der Waals surface area contributed by atoms with E-state index in [9.17, 15) is 9.59 Å². The summed E-state index contributed by atoms with van der Waals surface area (Å²) in [6, 6.07) is 0. The normalized spacial score (nSPS) is 13.4. The number of hydrogen-bond acceptors (Lipinski definition) is 3. The summed E-state index contributed by atoms with van der Waals surface area (Å²) in [5.41, 5.74) is 0. The van der Waals surface area contributed by atoms with Crippen molar-refractivity contribution < 1.29 is 23.9 Å². The fourth-order valence-electron chi connectivity index (χ4n) is 5.14. The van der Waals surface area contributed by atoms with Crippen LogP contribution in [0.2, 0.25) is 0 Å². The van der Waals surface area contributed by atoms with Crippen LogP contribution in [0.4, 0.5) is 0 Å². The number of carboxylic acid groups (broad SMARTS) is 1. The first-order valence-electron chi connectivity index (χ1n) is 15.9. The topological polar surface area (TPSA) is 63.6 Å². The predicted octanol–water partition coefficient (Wildman–Crippen LogP) is 8.93. The van der Waals surface area contributed by atoms with Crippen molar-refractivity contribution in [3.05, 3.63) is 0 Å². The van der Waals surface area contributed by atoms with Crippen LogP contribution in [0.15, 0.2) is 0 Å². The zero-order valence-corrected chi connectivity index (χ0v) is 25.5. The monoisotopic (exact) mass is 526 g/mol. The lowest BCUT2D eigenvalue weighted by atomic mass is 9.95. The number of carbonyl (C=O) groups is 2. The molecule has 0 spiro atoms. The van der Waals surface area contributed by atoms with Gasteiger partial charge in [-0.05, 0) is 12.3 Å². The molecule has 0 aromatic carbocycles. The molecule has 0 bridgehead atoms. The van der Waals surface area contributed by atoms with Gasteiger partial charge in [0.1, 0.15) is 6.54 Å². The van der Waals surface area contributed by atoms with Crippen molar-refractivity contribution in [2.75, 3.05) is 27.7 Å². The van der Waals surface area contributed by atoms with Gasteiger partial charge in [0.05, 0.1) is 27.6 Å². The molecule has 0 aliphatic heterocycles. The highest BCUT2D eigenvalue weighted by molar-refractivity contribution is 5.71. The minimum absolute atomic E-state index is 0.126. The second-order valence-electron chi connectivity index (χ2n) is 12.6. The van der Waals surface area contributed by atoms with Crippen LogP contribution in [0.3, 0.4) is 0 Å².